The highest BCUT2D eigenvalue weighted by Gasteiger charge is 2.26. The van der Waals surface area contributed by atoms with E-state index in [9.17, 15) is 9.59 Å². The van der Waals surface area contributed by atoms with Crippen LogP contribution in [0.1, 0.15) is 17.0 Å². The maximum Gasteiger partial charge on any atom is 0.263 e. The monoisotopic (exact) mass is 307 g/mol. The molecule has 2 rings (SSSR count). The van der Waals surface area contributed by atoms with Crippen molar-refractivity contribution in [2.75, 3.05) is 13.7 Å². The molecule has 6 nitrogen and oxygen atoms in total. The SMILES string of the molecule is COCCn1c(C)cc(C=C2C(=O)NC(=S)NC2=O)c1C. The lowest BCUT2D eigenvalue weighted by atomic mass is 10.1. The minimum absolute atomic E-state index is 0.0349. The molecule has 7 heteroatoms. The Labute approximate surface area is 128 Å². The lowest BCUT2D eigenvalue weighted by molar-refractivity contribution is -0.123. The second-order valence-electron chi connectivity index (χ2n) is 4.77. The van der Waals surface area contributed by atoms with Crippen LogP contribution in [0.5, 0.6) is 0 Å². The van der Waals surface area contributed by atoms with Gasteiger partial charge in [0.2, 0.25) is 0 Å². The summed E-state index contributed by atoms with van der Waals surface area (Å²) in [7, 11) is 1.65. The molecule has 0 saturated carbocycles. The molecule has 0 unspecified atom stereocenters. The first-order valence-corrected chi connectivity index (χ1v) is 6.89. The predicted octanol–water partition coefficient (Wildman–Crippen LogP) is 0.666. The lowest BCUT2D eigenvalue weighted by Crippen LogP contribution is -2.51. The molecule has 0 aromatic carbocycles. The predicted molar refractivity (Wildman–Crippen MR) is 82.6 cm³/mol. The van der Waals surface area contributed by atoms with Crippen molar-refractivity contribution in [2.24, 2.45) is 0 Å². The number of amides is 2. The van der Waals surface area contributed by atoms with Gasteiger partial charge in [0, 0.05) is 25.0 Å². The Bertz CT molecular complexity index is 624. The highest BCUT2D eigenvalue weighted by Crippen LogP contribution is 2.19. The summed E-state index contributed by atoms with van der Waals surface area (Å²) in [5.74, 6) is -0.962. The van der Waals surface area contributed by atoms with E-state index in [4.69, 9.17) is 17.0 Å². The van der Waals surface area contributed by atoms with Gasteiger partial charge in [-0.05, 0) is 43.8 Å². The number of hydrogen-bond acceptors (Lipinski definition) is 4. The van der Waals surface area contributed by atoms with Gasteiger partial charge in [-0.15, -0.1) is 0 Å². The van der Waals surface area contributed by atoms with Crippen molar-refractivity contribution < 1.29 is 14.3 Å². The van der Waals surface area contributed by atoms with E-state index in [1.54, 1.807) is 13.2 Å². The van der Waals surface area contributed by atoms with Gasteiger partial charge in [0.05, 0.1) is 6.61 Å². The quantitative estimate of drug-likeness (QED) is 0.487. The van der Waals surface area contributed by atoms with Crippen LogP contribution in [0.25, 0.3) is 6.08 Å². The second-order valence-corrected chi connectivity index (χ2v) is 5.17. The van der Waals surface area contributed by atoms with Gasteiger partial charge in [-0.2, -0.15) is 0 Å². The highest BCUT2D eigenvalue weighted by molar-refractivity contribution is 7.80. The van der Waals surface area contributed by atoms with Crippen molar-refractivity contribution in [3.05, 3.63) is 28.6 Å². The topological polar surface area (TPSA) is 72.4 Å². The van der Waals surface area contributed by atoms with Crippen LogP contribution >= 0.6 is 12.2 Å². The van der Waals surface area contributed by atoms with Gasteiger partial charge in [-0.3, -0.25) is 20.2 Å². The average Bonchev–Trinajstić information content (AvgIpc) is 2.66. The van der Waals surface area contributed by atoms with Gasteiger partial charge < -0.3 is 9.30 Å². The number of thiocarbonyl (C=S) groups is 1. The number of hydrogen-bond donors (Lipinski definition) is 2. The maximum absolute atomic E-state index is 11.8. The molecule has 0 aliphatic carbocycles. The summed E-state index contributed by atoms with van der Waals surface area (Å²) in [6.45, 7) is 5.24. The third kappa shape index (κ3) is 3.20. The van der Waals surface area contributed by atoms with Crippen LogP contribution < -0.4 is 10.6 Å². The summed E-state index contributed by atoms with van der Waals surface area (Å²) in [4.78, 5) is 23.7. The van der Waals surface area contributed by atoms with Gasteiger partial charge in [0.15, 0.2) is 5.11 Å². The van der Waals surface area contributed by atoms with E-state index >= 15 is 0 Å². The lowest BCUT2D eigenvalue weighted by Gasteiger charge is -2.16. The second kappa shape index (κ2) is 6.19. The van der Waals surface area contributed by atoms with E-state index in [2.05, 4.69) is 15.2 Å². The van der Waals surface area contributed by atoms with E-state index in [0.717, 1.165) is 23.5 Å². The van der Waals surface area contributed by atoms with Crippen LogP contribution in [-0.2, 0) is 20.9 Å². The minimum Gasteiger partial charge on any atom is -0.383 e. The number of carbonyl (C=O) groups excluding carboxylic acids is 2. The van der Waals surface area contributed by atoms with Crippen molar-refractivity contribution in [1.29, 1.82) is 0 Å². The largest absolute Gasteiger partial charge is 0.383 e. The number of nitrogens with zero attached hydrogens (tertiary/aromatic N) is 1. The molecule has 0 atom stereocenters. The molecule has 1 aliphatic rings. The van der Waals surface area contributed by atoms with Crippen molar-refractivity contribution in [3.8, 4) is 0 Å². The van der Waals surface area contributed by atoms with Crippen molar-refractivity contribution >= 4 is 35.2 Å². The molecule has 1 aliphatic heterocycles. The fraction of sp³-hybridized carbons (Fsp3) is 0.357. The van der Waals surface area contributed by atoms with E-state index in [1.165, 1.54) is 0 Å². The van der Waals surface area contributed by atoms with Crippen LogP contribution in [0, 0.1) is 13.8 Å². The molecule has 0 radical (unpaired) electrons. The van der Waals surface area contributed by atoms with Gasteiger partial charge in [0.1, 0.15) is 5.57 Å². The fourth-order valence-electron chi connectivity index (χ4n) is 2.26. The molecule has 1 saturated heterocycles. The van der Waals surface area contributed by atoms with E-state index in [1.807, 2.05) is 19.9 Å². The molecule has 2 N–H and O–H groups in total. The molecule has 21 heavy (non-hydrogen) atoms. The summed E-state index contributed by atoms with van der Waals surface area (Å²) in [5.41, 5.74) is 2.90. The molecular formula is C14H17N3O3S. The van der Waals surface area contributed by atoms with Crippen molar-refractivity contribution in [2.45, 2.75) is 20.4 Å². The van der Waals surface area contributed by atoms with Crippen LogP contribution in [-0.4, -0.2) is 35.2 Å². The first-order valence-electron chi connectivity index (χ1n) is 6.48. The molecule has 112 valence electrons. The molecular weight excluding hydrogens is 290 g/mol. The van der Waals surface area contributed by atoms with E-state index in [0.29, 0.717) is 6.61 Å². The Hall–Kier alpha value is -1.99. The molecule has 2 amide bonds. The fourth-order valence-corrected chi connectivity index (χ4v) is 2.45. The molecule has 1 fully saturated rings. The summed E-state index contributed by atoms with van der Waals surface area (Å²) in [5, 5.41) is 4.88. The van der Waals surface area contributed by atoms with Gasteiger partial charge >= 0.3 is 0 Å². The molecule has 0 spiro atoms. The van der Waals surface area contributed by atoms with Crippen molar-refractivity contribution in [1.82, 2.24) is 15.2 Å². The number of rotatable bonds is 4. The summed E-state index contributed by atoms with van der Waals surface area (Å²) in [6.07, 6.45) is 1.58. The van der Waals surface area contributed by atoms with Crippen molar-refractivity contribution in [3.63, 3.8) is 0 Å². The van der Waals surface area contributed by atoms with E-state index in [-0.39, 0.29) is 10.7 Å². The zero-order valence-corrected chi connectivity index (χ0v) is 13.0. The third-order valence-corrected chi connectivity index (χ3v) is 3.58. The van der Waals surface area contributed by atoms with Gasteiger partial charge in [0.25, 0.3) is 11.8 Å². The van der Waals surface area contributed by atoms with Gasteiger partial charge in [-0.1, -0.05) is 0 Å². The number of nitrogens with one attached hydrogen (secondary N) is 2. The number of methoxy groups -OCH3 is 1. The zero-order valence-electron chi connectivity index (χ0n) is 12.1. The number of carbonyl (C=O) groups is 2. The Kier molecular flexibility index (Phi) is 4.54. The zero-order chi connectivity index (χ0) is 15.6. The summed E-state index contributed by atoms with van der Waals surface area (Å²) in [6, 6.07) is 1.94. The normalized spacial score (nSPS) is 15.0. The molecule has 2 heterocycles. The molecule has 1 aromatic heterocycles. The number of aryl methyl sites for hydroxylation is 1. The Balaban J connectivity index is 2.34. The van der Waals surface area contributed by atoms with E-state index < -0.39 is 11.8 Å². The highest BCUT2D eigenvalue weighted by atomic mass is 32.1. The maximum atomic E-state index is 11.8. The Morgan fingerprint density at radius 2 is 1.90 bits per heavy atom. The summed E-state index contributed by atoms with van der Waals surface area (Å²) < 4.78 is 7.16. The molecule has 0 bridgehead atoms. The van der Waals surface area contributed by atoms with Crippen LogP contribution in [0.2, 0.25) is 0 Å². The molecule has 1 aromatic rings. The number of ether oxygens (including phenoxy) is 1. The van der Waals surface area contributed by atoms with Crippen LogP contribution in [0.4, 0.5) is 0 Å². The summed E-state index contributed by atoms with van der Waals surface area (Å²) >= 11 is 4.77. The standard InChI is InChI=1S/C14H17N3O3S/c1-8-6-10(9(2)17(8)4-5-20-3)7-11-12(18)15-14(21)16-13(11)19/h6-7H,4-5H2,1-3H3,(H2,15,16,18,19,21). The average molecular weight is 307 g/mol. The Morgan fingerprint density at radius 1 is 1.29 bits per heavy atom. The first kappa shape index (κ1) is 15.4. The smallest absolute Gasteiger partial charge is 0.263 e. The van der Waals surface area contributed by atoms with Crippen LogP contribution in [0.3, 0.4) is 0 Å². The minimum atomic E-state index is -0.481. The Morgan fingerprint density at radius 3 is 2.48 bits per heavy atom. The first-order chi connectivity index (χ1) is 9.93. The number of aromatic nitrogens is 1. The van der Waals surface area contributed by atoms with Crippen LogP contribution in [0.15, 0.2) is 11.6 Å². The van der Waals surface area contributed by atoms with Gasteiger partial charge in [-0.25, -0.2) is 0 Å². The third-order valence-electron chi connectivity index (χ3n) is 3.38.